The molecule has 9 heteroatoms. The van der Waals surface area contributed by atoms with Crippen LogP contribution in [0, 0.1) is 5.82 Å². The Hall–Kier alpha value is -2.26. The van der Waals surface area contributed by atoms with Crippen molar-refractivity contribution in [3.63, 3.8) is 0 Å². The van der Waals surface area contributed by atoms with E-state index < -0.39 is 27.3 Å². The van der Waals surface area contributed by atoms with Crippen molar-refractivity contribution in [2.75, 3.05) is 13.1 Å². The topological polar surface area (TPSA) is 92.5 Å². The van der Waals surface area contributed by atoms with Crippen LogP contribution in [-0.4, -0.2) is 46.4 Å². The molecule has 1 aromatic carbocycles. The molecule has 0 atom stereocenters. The molecule has 7 nitrogen and oxygen atoms in total. The number of halogens is 1. The molecular weight excluding hydrogens is 337 g/mol. The first kappa shape index (κ1) is 16.6. The van der Waals surface area contributed by atoms with Crippen LogP contribution in [0.5, 0.6) is 0 Å². The Morgan fingerprint density at radius 3 is 2.54 bits per heavy atom. The largest absolute Gasteiger partial charge is 0.479 e. The van der Waals surface area contributed by atoms with Crippen LogP contribution in [-0.2, 0) is 20.4 Å². The number of hydrogen-bond acceptors (Lipinski definition) is 4. The molecule has 2 heterocycles. The SMILES string of the molecule is O=C(O)C1(n2ccnc2)CCN(S(=O)(=O)c2cccc(F)c2)CC1. The summed E-state index contributed by atoms with van der Waals surface area (Å²) in [6, 6.07) is 4.79. The van der Waals surface area contributed by atoms with E-state index >= 15 is 0 Å². The summed E-state index contributed by atoms with van der Waals surface area (Å²) in [7, 11) is -3.85. The highest BCUT2D eigenvalue weighted by molar-refractivity contribution is 7.89. The fourth-order valence-corrected chi connectivity index (χ4v) is 4.44. The Kier molecular flexibility index (Phi) is 4.14. The first-order valence-corrected chi connectivity index (χ1v) is 8.78. The van der Waals surface area contributed by atoms with Crippen molar-refractivity contribution < 1.29 is 22.7 Å². The summed E-state index contributed by atoms with van der Waals surface area (Å²) in [5.41, 5.74) is -1.22. The fraction of sp³-hybridized carbons (Fsp3) is 0.333. The highest BCUT2D eigenvalue weighted by Gasteiger charge is 2.45. The van der Waals surface area contributed by atoms with Gasteiger partial charge >= 0.3 is 5.97 Å². The number of nitrogens with zero attached hydrogens (tertiary/aromatic N) is 3. The average molecular weight is 353 g/mol. The molecular formula is C15H16FN3O4S. The van der Waals surface area contributed by atoms with E-state index in [1.165, 1.54) is 39.6 Å². The van der Waals surface area contributed by atoms with Crippen LogP contribution in [0.1, 0.15) is 12.8 Å². The molecule has 0 radical (unpaired) electrons. The number of aromatic nitrogens is 2. The van der Waals surface area contributed by atoms with Gasteiger partial charge in [0, 0.05) is 25.5 Å². The van der Waals surface area contributed by atoms with Gasteiger partial charge in [0.1, 0.15) is 11.4 Å². The number of benzene rings is 1. The van der Waals surface area contributed by atoms with Gasteiger partial charge < -0.3 is 9.67 Å². The standard InChI is InChI=1S/C15H16FN3O4S/c16-12-2-1-3-13(10-12)24(22,23)19-7-4-15(5-8-19,14(20)21)18-9-6-17-11-18/h1-3,6,9-11H,4-5,7-8H2,(H,20,21). The highest BCUT2D eigenvalue weighted by atomic mass is 32.2. The molecule has 3 rings (SSSR count). The highest BCUT2D eigenvalue weighted by Crippen LogP contribution is 2.33. The summed E-state index contributed by atoms with van der Waals surface area (Å²) in [6.07, 6.45) is 4.68. The van der Waals surface area contributed by atoms with E-state index in [1.54, 1.807) is 6.20 Å². The summed E-state index contributed by atoms with van der Waals surface area (Å²) in [5.74, 6) is -1.66. The maximum atomic E-state index is 13.3. The number of hydrogen-bond donors (Lipinski definition) is 1. The molecule has 1 N–H and O–H groups in total. The third-order valence-corrected chi connectivity index (χ3v) is 6.27. The van der Waals surface area contributed by atoms with E-state index in [0.717, 1.165) is 6.07 Å². The number of carboxylic acid groups (broad SMARTS) is 1. The van der Waals surface area contributed by atoms with Crippen LogP contribution in [0.2, 0.25) is 0 Å². The van der Waals surface area contributed by atoms with Gasteiger partial charge in [-0.3, -0.25) is 0 Å². The zero-order valence-corrected chi connectivity index (χ0v) is 13.5. The van der Waals surface area contributed by atoms with Crippen LogP contribution in [0.4, 0.5) is 4.39 Å². The van der Waals surface area contributed by atoms with Crippen molar-refractivity contribution >= 4 is 16.0 Å². The smallest absolute Gasteiger partial charge is 0.330 e. The lowest BCUT2D eigenvalue weighted by molar-refractivity contribution is -0.149. The van der Waals surface area contributed by atoms with E-state index in [0.29, 0.717) is 0 Å². The molecule has 1 saturated heterocycles. The van der Waals surface area contributed by atoms with Crippen molar-refractivity contribution in [1.29, 1.82) is 0 Å². The van der Waals surface area contributed by atoms with Crippen LogP contribution in [0.25, 0.3) is 0 Å². The van der Waals surface area contributed by atoms with E-state index in [9.17, 15) is 22.7 Å². The molecule has 1 aliphatic heterocycles. The molecule has 0 bridgehead atoms. The third kappa shape index (κ3) is 2.69. The van der Waals surface area contributed by atoms with Gasteiger partial charge in [0.15, 0.2) is 0 Å². The molecule has 128 valence electrons. The fourth-order valence-electron chi connectivity index (χ4n) is 2.97. The number of imidazole rings is 1. The van der Waals surface area contributed by atoms with E-state index in [4.69, 9.17) is 0 Å². The monoisotopic (exact) mass is 353 g/mol. The normalized spacial score (nSPS) is 18.4. The van der Waals surface area contributed by atoms with Crippen molar-refractivity contribution in [3.05, 3.63) is 48.8 Å². The lowest BCUT2D eigenvalue weighted by Crippen LogP contribution is -2.51. The molecule has 2 aromatic rings. The number of carbonyl (C=O) groups is 1. The average Bonchev–Trinajstić information content (AvgIpc) is 3.09. The van der Waals surface area contributed by atoms with Gasteiger partial charge in [-0.1, -0.05) is 6.07 Å². The van der Waals surface area contributed by atoms with Crippen molar-refractivity contribution in [1.82, 2.24) is 13.9 Å². The second kappa shape index (κ2) is 5.99. The number of piperidine rings is 1. The first-order valence-electron chi connectivity index (χ1n) is 7.34. The van der Waals surface area contributed by atoms with Gasteiger partial charge in [0.05, 0.1) is 11.2 Å². The van der Waals surface area contributed by atoms with Crippen molar-refractivity contribution in [2.45, 2.75) is 23.3 Å². The number of carboxylic acids is 1. The minimum atomic E-state index is -3.85. The number of aliphatic carboxylic acids is 1. The Bertz CT molecular complexity index is 843. The van der Waals surface area contributed by atoms with Crippen LogP contribution in [0.3, 0.4) is 0 Å². The van der Waals surface area contributed by atoms with E-state index in [-0.39, 0.29) is 30.8 Å². The molecule has 0 saturated carbocycles. The van der Waals surface area contributed by atoms with Gasteiger partial charge in [-0.25, -0.2) is 22.6 Å². The molecule has 0 amide bonds. The summed E-state index contributed by atoms with van der Waals surface area (Å²) >= 11 is 0. The minimum Gasteiger partial charge on any atom is -0.479 e. The summed E-state index contributed by atoms with van der Waals surface area (Å²) < 4.78 is 41.2. The molecule has 24 heavy (non-hydrogen) atoms. The second-order valence-corrected chi connectivity index (χ2v) is 7.61. The Labute approximate surface area is 138 Å². The van der Waals surface area contributed by atoms with Gasteiger partial charge in [-0.2, -0.15) is 4.31 Å². The van der Waals surface area contributed by atoms with Crippen LogP contribution >= 0.6 is 0 Å². The lowest BCUT2D eigenvalue weighted by atomic mass is 9.88. The first-order chi connectivity index (χ1) is 11.4. The van der Waals surface area contributed by atoms with Crippen LogP contribution < -0.4 is 0 Å². The Balaban J connectivity index is 1.85. The lowest BCUT2D eigenvalue weighted by Gasteiger charge is -2.38. The molecule has 0 aliphatic carbocycles. The Morgan fingerprint density at radius 2 is 2.00 bits per heavy atom. The maximum Gasteiger partial charge on any atom is 0.330 e. The zero-order valence-electron chi connectivity index (χ0n) is 12.7. The number of sulfonamides is 1. The molecule has 0 spiro atoms. The van der Waals surface area contributed by atoms with E-state index in [2.05, 4.69) is 4.98 Å². The van der Waals surface area contributed by atoms with Crippen molar-refractivity contribution in [2.24, 2.45) is 0 Å². The molecule has 1 aliphatic rings. The van der Waals surface area contributed by atoms with Crippen LogP contribution in [0.15, 0.2) is 47.9 Å². The zero-order chi connectivity index (χ0) is 17.4. The van der Waals surface area contributed by atoms with Gasteiger partial charge in [-0.05, 0) is 31.0 Å². The van der Waals surface area contributed by atoms with E-state index in [1.807, 2.05) is 0 Å². The number of rotatable bonds is 4. The molecule has 1 aromatic heterocycles. The summed E-state index contributed by atoms with van der Waals surface area (Å²) in [4.78, 5) is 15.5. The van der Waals surface area contributed by atoms with Gasteiger partial charge in [-0.15, -0.1) is 0 Å². The van der Waals surface area contributed by atoms with Gasteiger partial charge in [0.2, 0.25) is 10.0 Å². The van der Waals surface area contributed by atoms with Gasteiger partial charge in [0.25, 0.3) is 0 Å². The molecule has 1 fully saturated rings. The Morgan fingerprint density at radius 1 is 1.29 bits per heavy atom. The summed E-state index contributed by atoms with van der Waals surface area (Å²) in [6.45, 7) is 0.0622. The maximum absolute atomic E-state index is 13.3. The predicted molar refractivity (Wildman–Crippen MR) is 82.2 cm³/mol. The van der Waals surface area contributed by atoms with Crippen molar-refractivity contribution in [3.8, 4) is 0 Å². The molecule has 0 unspecified atom stereocenters. The predicted octanol–water partition coefficient (Wildman–Crippen LogP) is 1.29. The summed E-state index contributed by atoms with van der Waals surface area (Å²) in [5, 5.41) is 9.64. The quantitative estimate of drug-likeness (QED) is 0.894. The second-order valence-electron chi connectivity index (χ2n) is 5.67. The third-order valence-electron chi connectivity index (χ3n) is 4.38. The minimum absolute atomic E-state index is 0.0311.